The summed E-state index contributed by atoms with van der Waals surface area (Å²) in [5, 5.41) is 3.18. The van der Waals surface area contributed by atoms with E-state index in [9.17, 15) is 9.18 Å². The molecule has 4 heteroatoms. The number of ketones is 1. The second kappa shape index (κ2) is 6.60. The van der Waals surface area contributed by atoms with Gasteiger partial charge < -0.3 is 0 Å². The fraction of sp³-hybridized carbons (Fsp3) is 0.125. The Morgan fingerprint density at radius 3 is 2.45 bits per heavy atom. The van der Waals surface area contributed by atoms with Gasteiger partial charge in [0.25, 0.3) is 0 Å². The number of nitrogens with one attached hydrogen (secondary N) is 1. The van der Waals surface area contributed by atoms with Crippen LogP contribution in [0.3, 0.4) is 0 Å². The monoisotopic (exact) mass is 335 g/mol. The number of anilines is 1. The number of carbonyl (C=O) groups excluding carboxylic acids is 1. The van der Waals surface area contributed by atoms with Crippen molar-refractivity contribution in [3.8, 4) is 0 Å². The molecular formula is C16H14FNOSe. The van der Waals surface area contributed by atoms with Crippen LogP contribution >= 0.6 is 0 Å². The molecule has 0 aromatic heterocycles. The standard InChI is InChI=1S/C16H14FNOSe/c1-11(19)10-12-4-2-3-5-15(12)16(20)18-14-8-6-13(17)7-9-14/h2-9H,10H2,1H3,(H,18,20). The first-order chi connectivity index (χ1) is 9.56. The second-order valence-corrected chi connectivity index (χ2v) is 5.35. The Bertz CT molecular complexity index is 637. The predicted octanol–water partition coefficient (Wildman–Crippen LogP) is 2.72. The zero-order valence-electron chi connectivity index (χ0n) is 11.0. The molecule has 1 N–H and O–H groups in total. The molecule has 0 aliphatic rings. The number of Topliss-reactive ketones (excluding diaryl/α,β-unsaturated/α-hetero) is 1. The van der Waals surface area contributed by atoms with Crippen molar-refractivity contribution < 1.29 is 9.18 Å². The molecular weight excluding hydrogens is 320 g/mol. The maximum atomic E-state index is 12.9. The molecule has 0 aliphatic carbocycles. The number of rotatable bonds is 5. The first-order valence-corrected chi connectivity index (χ1v) is 7.06. The van der Waals surface area contributed by atoms with Gasteiger partial charge in [-0.1, -0.05) is 0 Å². The summed E-state index contributed by atoms with van der Waals surface area (Å²) in [7, 11) is 0. The molecule has 2 rings (SSSR count). The van der Waals surface area contributed by atoms with E-state index < -0.39 is 0 Å². The van der Waals surface area contributed by atoms with Crippen LogP contribution in [0, 0.1) is 5.82 Å². The van der Waals surface area contributed by atoms with Crippen molar-refractivity contribution >= 4 is 31.6 Å². The molecule has 2 aromatic rings. The van der Waals surface area contributed by atoms with Crippen molar-refractivity contribution in [2.24, 2.45) is 0 Å². The minimum atomic E-state index is -0.269. The van der Waals surface area contributed by atoms with Gasteiger partial charge in [-0.3, -0.25) is 0 Å². The Hall–Kier alpha value is -1.77. The van der Waals surface area contributed by atoms with Crippen LogP contribution in [0.5, 0.6) is 0 Å². The topological polar surface area (TPSA) is 29.1 Å². The average molecular weight is 334 g/mol. The molecule has 0 saturated carbocycles. The molecule has 102 valence electrons. The number of carbonyl (C=O) groups is 1. The quantitative estimate of drug-likeness (QED) is 0.852. The van der Waals surface area contributed by atoms with Crippen LogP contribution in [0.4, 0.5) is 10.1 Å². The van der Waals surface area contributed by atoms with Crippen LogP contribution in [0.1, 0.15) is 18.1 Å². The fourth-order valence-corrected chi connectivity index (χ4v) is 2.56. The Balaban J connectivity index is 2.20. The Kier molecular flexibility index (Phi) is 4.83. The second-order valence-electron chi connectivity index (χ2n) is 4.50. The molecule has 0 fully saturated rings. The summed E-state index contributed by atoms with van der Waals surface area (Å²) in [5.41, 5.74) is 2.70. The van der Waals surface area contributed by atoms with Crippen molar-refractivity contribution in [2.75, 3.05) is 5.32 Å². The van der Waals surface area contributed by atoms with E-state index in [0.717, 1.165) is 21.4 Å². The van der Waals surface area contributed by atoms with Crippen LogP contribution < -0.4 is 5.32 Å². The van der Waals surface area contributed by atoms with E-state index in [4.69, 9.17) is 0 Å². The molecule has 0 bridgehead atoms. The third kappa shape index (κ3) is 3.86. The van der Waals surface area contributed by atoms with Gasteiger partial charge in [-0.05, 0) is 0 Å². The number of halogens is 1. The van der Waals surface area contributed by atoms with Gasteiger partial charge in [0.15, 0.2) is 0 Å². The fourth-order valence-electron chi connectivity index (χ4n) is 1.90. The molecule has 2 aromatic carbocycles. The third-order valence-electron chi connectivity index (χ3n) is 2.80. The SMILES string of the molecule is CC(=O)Cc1ccccc1C(=[Se])Nc1ccc(F)cc1. The van der Waals surface area contributed by atoms with Gasteiger partial charge in [0.2, 0.25) is 0 Å². The number of hydrogen-bond donors (Lipinski definition) is 1. The van der Waals surface area contributed by atoms with Crippen molar-refractivity contribution in [3.05, 3.63) is 65.5 Å². The summed E-state index contributed by atoms with van der Waals surface area (Å²) in [6.45, 7) is 1.57. The first kappa shape index (κ1) is 14.6. The molecule has 0 aliphatic heterocycles. The number of hydrogen-bond acceptors (Lipinski definition) is 2. The molecule has 0 radical (unpaired) electrons. The summed E-state index contributed by atoms with van der Waals surface area (Å²) in [5.74, 6) is -0.152. The van der Waals surface area contributed by atoms with E-state index in [-0.39, 0.29) is 11.6 Å². The Morgan fingerprint density at radius 1 is 1.15 bits per heavy atom. The maximum absolute atomic E-state index is 12.9. The molecule has 0 heterocycles. The van der Waals surface area contributed by atoms with Gasteiger partial charge >= 0.3 is 125 Å². The minimum absolute atomic E-state index is 0.118. The van der Waals surface area contributed by atoms with Crippen LogP contribution in [-0.4, -0.2) is 25.9 Å². The van der Waals surface area contributed by atoms with E-state index in [1.54, 1.807) is 19.1 Å². The average Bonchev–Trinajstić information content (AvgIpc) is 2.41. The van der Waals surface area contributed by atoms with Crippen molar-refractivity contribution in [2.45, 2.75) is 13.3 Å². The van der Waals surface area contributed by atoms with Crippen LogP contribution in [-0.2, 0) is 11.2 Å². The third-order valence-corrected chi connectivity index (χ3v) is 3.48. The van der Waals surface area contributed by atoms with E-state index in [2.05, 4.69) is 20.9 Å². The molecule has 0 atom stereocenters. The summed E-state index contributed by atoms with van der Waals surface area (Å²) >= 11 is 2.97. The van der Waals surface area contributed by atoms with Gasteiger partial charge in [-0.2, -0.15) is 0 Å². The number of benzene rings is 2. The van der Waals surface area contributed by atoms with E-state index in [1.165, 1.54) is 12.1 Å². The molecule has 2 nitrogen and oxygen atoms in total. The molecule has 20 heavy (non-hydrogen) atoms. The zero-order valence-corrected chi connectivity index (χ0v) is 12.7. The van der Waals surface area contributed by atoms with E-state index in [1.807, 2.05) is 24.3 Å². The molecule has 0 amide bonds. The van der Waals surface area contributed by atoms with Gasteiger partial charge in [-0.25, -0.2) is 0 Å². The predicted molar refractivity (Wildman–Crippen MR) is 80.7 cm³/mol. The molecule has 0 saturated heterocycles. The van der Waals surface area contributed by atoms with E-state index >= 15 is 0 Å². The van der Waals surface area contributed by atoms with Gasteiger partial charge in [0, 0.05) is 0 Å². The van der Waals surface area contributed by atoms with Crippen LogP contribution in [0.25, 0.3) is 0 Å². The summed E-state index contributed by atoms with van der Waals surface area (Å²) in [6.07, 6.45) is 0.395. The Labute approximate surface area is 125 Å². The first-order valence-electron chi connectivity index (χ1n) is 6.20. The summed E-state index contributed by atoms with van der Waals surface area (Å²) < 4.78 is 13.7. The Morgan fingerprint density at radius 2 is 1.80 bits per heavy atom. The van der Waals surface area contributed by atoms with Crippen molar-refractivity contribution in [1.29, 1.82) is 0 Å². The van der Waals surface area contributed by atoms with Crippen LogP contribution in [0.15, 0.2) is 48.5 Å². The van der Waals surface area contributed by atoms with Gasteiger partial charge in [-0.15, -0.1) is 0 Å². The summed E-state index contributed by atoms with van der Waals surface area (Å²) in [6, 6.07) is 13.8. The van der Waals surface area contributed by atoms with Crippen molar-refractivity contribution in [3.63, 3.8) is 0 Å². The normalized spacial score (nSPS) is 10.1. The van der Waals surface area contributed by atoms with Crippen molar-refractivity contribution in [1.82, 2.24) is 0 Å². The van der Waals surface area contributed by atoms with E-state index in [0.29, 0.717) is 6.42 Å². The molecule has 0 spiro atoms. The summed E-state index contributed by atoms with van der Waals surface area (Å²) in [4.78, 5) is 11.3. The zero-order chi connectivity index (χ0) is 14.5. The molecule has 0 unspecified atom stereocenters. The van der Waals surface area contributed by atoms with Gasteiger partial charge in [0.05, 0.1) is 0 Å². The van der Waals surface area contributed by atoms with Gasteiger partial charge in [0.1, 0.15) is 0 Å². The van der Waals surface area contributed by atoms with Crippen LogP contribution in [0.2, 0.25) is 0 Å².